The first kappa shape index (κ1) is 15.7. The molecule has 2 aromatic rings. The molecule has 0 unspecified atom stereocenters. The van der Waals surface area contributed by atoms with Crippen LogP contribution < -0.4 is 11.1 Å². The smallest absolute Gasteiger partial charge is 0.224 e. The fourth-order valence-corrected chi connectivity index (χ4v) is 2.99. The zero-order chi connectivity index (χ0) is 15.1. The number of rotatable bonds is 6. The quantitative estimate of drug-likeness (QED) is 0.470. The molecule has 0 fully saturated rings. The SMILES string of the molecule is Nc1ccccc1NC(=O)CCCSc1ccccc1Cl. The molecule has 0 aliphatic rings. The zero-order valence-corrected chi connectivity index (χ0v) is 13.1. The summed E-state index contributed by atoms with van der Waals surface area (Å²) in [6.07, 6.45) is 1.25. The molecule has 0 aromatic heterocycles. The van der Waals surface area contributed by atoms with Gasteiger partial charge in [0.15, 0.2) is 0 Å². The number of nitrogens with two attached hydrogens (primary N) is 1. The van der Waals surface area contributed by atoms with Crippen molar-refractivity contribution in [1.29, 1.82) is 0 Å². The monoisotopic (exact) mass is 320 g/mol. The minimum atomic E-state index is -0.0207. The van der Waals surface area contributed by atoms with Crippen molar-refractivity contribution in [3.05, 3.63) is 53.6 Å². The van der Waals surface area contributed by atoms with Crippen molar-refractivity contribution in [3.63, 3.8) is 0 Å². The molecule has 0 aliphatic heterocycles. The van der Waals surface area contributed by atoms with Gasteiger partial charge in [0.05, 0.1) is 16.4 Å². The largest absolute Gasteiger partial charge is 0.397 e. The highest BCUT2D eigenvalue weighted by Crippen LogP contribution is 2.27. The fraction of sp³-hybridized carbons (Fsp3) is 0.188. The van der Waals surface area contributed by atoms with Crippen LogP contribution in [0.25, 0.3) is 0 Å². The average Bonchev–Trinajstić information content (AvgIpc) is 2.48. The second kappa shape index (κ2) is 7.96. The van der Waals surface area contributed by atoms with E-state index in [0.29, 0.717) is 17.8 Å². The summed E-state index contributed by atoms with van der Waals surface area (Å²) in [5.41, 5.74) is 7.03. The van der Waals surface area contributed by atoms with E-state index >= 15 is 0 Å². The van der Waals surface area contributed by atoms with E-state index in [-0.39, 0.29) is 5.91 Å². The van der Waals surface area contributed by atoms with E-state index in [1.165, 1.54) is 0 Å². The van der Waals surface area contributed by atoms with E-state index in [0.717, 1.165) is 22.1 Å². The molecule has 0 bridgehead atoms. The van der Waals surface area contributed by atoms with Crippen molar-refractivity contribution in [2.24, 2.45) is 0 Å². The number of benzene rings is 2. The molecule has 0 saturated heterocycles. The minimum absolute atomic E-state index is 0.0207. The summed E-state index contributed by atoms with van der Waals surface area (Å²) in [4.78, 5) is 12.9. The molecule has 110 valence electrons. The third-order valence-corrected chi connectivity index (χ3v) is 4.48. The second-order valence-corrected chi connectivity index (χ2v) is 6.06. The van der Waals surface area contributed by atoms with Gasteiger partial charge in [-0.05, 0) is 36.4 Å². The van der Waals surface area contributed by atoms with Crippen LogP contribution in [-0.4, -0.2) is 11.7 Å². The van der Waals surface area contributed by atoms with Crippen LogP contribution in [0.5, 0.6) is 0 Å². The Bertz CT molecular complexity index is 619. The molecule has 0 spiro atoms. The fourth-order valence-electron chi connectivity index (χ4n) is 1.80. The van der Waals surface area contributed by atoms with Gasteiger partial charge in [0, 0.05) is 11.3 Å². The van der Waals surface area contributed by atoms with Gasteiger partial charge in [-0.25, -0.2) is 0 Å². The van der Waals surface area contributed by atoms with Gasteiger partial charge in [-0.15, -0.1) is 11.8 Å². The molecule has 2 aromatic carbocycles. The van der Waals surface area contributed by atoms with Crippen LogP contribution in [0.2, 0.25) is 5.02 Å². The molecular formula is C16H17ClN2OS. The van der Waals surface area contributed by atoms with Gasteiger partial charge in [-0.1, -0.05) is 35.9 Å². The number of para-hydroxylation sites is 2. The normalized spacial score (nSPS) is 10.3. The lowest BCUT2D eigenvalue weighted by Gasteiger charge is -2.08. The topological polar surface area (TPSA) is 55.1 Å². The summed E-state index contributed by atoms with van der Waals surface area (Å²) >= 11 is 7.74. The van der Waals surface area contributed by atoms with Gasteiger partial charge in [0.25, 0.3) is 0 Å². The molecule has 3 nitrogen and oxygen atoms in total. The Hall–Kier alpha value is -1.65. The third kappa shape index (κ3) is 4.99. The molecule has 1 amide bonds. The van der Waals surface area contributed by atoms with E-state index in [1.54, 1.807) is 23.9 Å². The van der Waals surface area contributed by atoms with Crippen LogP contribution in [0.3, 0.4) is 0 Å². The van der Waals surface area contributed by atoms with Gasteiger partial charge in [0.1, 0.15) is 0 Å². The summed E-state index contributed by atoms with van der Waals surface area (Å²) in [7, 11) is 0. The molecule has 0 heterocycles. The number of hydrogen-bond donors (Lipinski definition) is 2. The van der Waals surface area contributed by atoms with Crippen LogP contribution >= 0.6 is 23.4 Å². The van der Waals surface area contributed by atoms with Crippen molar-refractivity contribution in [3.8, 4) is 0 Å². The Balaban J connectivity index is 1.73. The van der Waals surface area contributed by atoms with Gasteiger partial charge in [0.2, 0.25) is 5.91 Å². The minimum Gasteiger partial charge on any atom is -0.397 e. The van der Waals surface area contributed by atoms with Crippen LogP contribution in [0.4, 0.5) is 11.4 Å². The Labute approximate surface area is 133 Å². The van der Waals surface area contributed by atoms with Gasteiger partial charge in [-0.3, -0.25) is 4.79 Å². The number of amides is 1. The molecule has 0 radical (unpaired) electrons. The summed E-state index contributed by atoms with van der Waals surface area (Å²) in [5, 5.41) is 3.57. The lowest BCUT2D eigenvalue weighted by Crippen LogP contribution is -2.12. The van der Waals surface area contributed by atoms with E-state index in [9.17, 15) is 4.79 Å². The number of carbonyl (C=O) groups excluding carboxylic acids is 1. The summed E-state index contributed by atoms with van der Waals surface area (Å²) in [6.45, 7) is 0. The molecule has 21 heavy (non-hydrogen) atoms. The molecule has 0 aliphatic carbocycles. The molecule has 5 heteroatoms. The van der Waals surface area contributed by atoms with Crippen molar-refractivity contribution >= 4 is 40.6 Å². The highest BCUT2D eigenvalue weighted by molar-refractivity contribution is 7.99. The lowest BCUT2D eigenvalue weighted by molar-refractivity contribution is -0.116. The molecule has 0 saturated carbocycles. The van der Waals surface area contributed by atoms with Gasteiger partial charge < -0.3 is 11.1 Å². The number of hydrogen-bond acceptors (Lipinski definition) is 3. The molecule has 3 N–H and O–H groups in total. The number of halogens is 1. The standard InChI is InChI=1S/C16H17ClN2OS/c17-12-6-1-4-9-15(12)21-11-5-10-16(20)19-14-8-3-2-7-13(14)18/h1-4,6-9H,5,10-11,18H2,(H,19,20). The second-order valence-electron chi connectivity index (χ2n) is 4.52. The Kier molecular flexibility index (Phi) is 5.96. The summed E-state index contributed by atoms with van der Waals surface area (Å²) in [5.74, 6) is 0.828. The molecular weight excluding hydrogens is 304 g/mol. The number of anilines is 2. The first-order valence-corrected chi connectivity index (χ1v) is 8.05. The maximum absolute atomic E-state index is 11.8. The average molecular weight is 321 g/mol. The van der Waals surface area contributed by atoms with Gasteiger partial charge in [-0.2, -0.15) is 0 Å². The number of nitrogen functional groups attached to an aromatic ring is 1. The number of nitrogens with one attached hydrogen (secondary N) is 1. The highest BCUT2D eigenvalue weighted by atomic mass is 35.5. The van der Waals surface area contributed by atoms with Crippen molar-refractivity contribution in [2.45, 2.75) is 17.7 Å². The van der Waals surface area contributed by atoms with Crippen molar-refractivity contribution in [2.75, 3.05) is 16.8 Å². The van der Waals surface area contributed by atoms with Crippen molar-refractivity contribution < 1.29 is 4.79 Å². The van der Waals surface area contributed by atoms with Crippen LogP contribution in [0, 0.1) is 0 Å². The van der Waals surface area contributed by atoms with E-state index in [1.807, 2.05) is 36.4 Å². The maximum Gasteiger partial charge on any atom is 0.224 e. The zero-order valence-electron chi connectivity index (χ0n) is 11.5. The van der Waals surface area contributed by atoms with E-state index in [4.69, 9.17) is 17.3 Å². The Morgan fingerprint density at radius 2 is 1.86 bits per heavy atom. The first-order valence-electron chi connectivity index (χ1n) is 6.68. The predicted octanol–water partition coefficient (Wildman–Crippen LogP) is 4.43. The number of thioether (sulfide) groups is 1. The maximum atomic E-state index is 11.8. The van der Waals surface area contributed by atoms with Crippen LogP contribution in [-0.2, 0) is 4.79 Å². The van der Waals surface area contributed by atoms with Crippen LogP contribution in [0.15, 0.2) is 53.4 Å². The lowest BCUT2D eigenvalue weighted by atomic mass is 10.2. The summed E-state index contributed by atoms with van der Waals surface area (Å²) in [6, 6.07) is 15.0. The molecule has 0 atom stereocenters. The van der Waals surface area contributed by atoms with E-state index in [2.05, 4.69) is 5.32 Å². The van der Waals surface area contributed by atoms with Crippen molar-refractivity contribution in [1.82, 2.24) is 0 Å². The van der Waals surface area contributed by atoms with Crippen LogP contribution in [0.1, 0.15) is 12.8 Å². The Morgan fingerprint density at radius 3 is 2.62 bits per heavy atom. The van der Waals surface area contributed by atoms with Gasteiger partial charge >= 0.3 is 0 Å². The summed E-state index contributed by atoms with van der Waals surface area (Å²) < 4.78 is 0. The predicted molar refractivity (Wildman–Crippen MR) is 90.9 cm³/mol. The number of carbonyl (C=O) groups is 1. The third-order valence-electron chi connectivity index (χ3n) is 2.88. The Morgan fingerprint density at radius 1 is 1.14 bits per heavy atom. The highest BCUT2D eigenvalue weighted by Gasteiger charge is 2.05. The molecule has 2 rings (SSSR count). The van der Waals surface area contributed by atoms with E-state index < -0.39 is 0 Å². The first-order chi connectivity index (χ1) is 10.2.